The van der Waals surface area contributed by atoms with Crippen LogP contribution < -0.4 is 5.73 Å². The molecule has 0 saturated carbocycles. The van der Waals surface area contributed by atoms with E-state index in [1.807, 2.05) is 0 Å². The summed E-state index contributed by atoms with van der Waals surface area (Å²) in [7, 11) is 0. The van der Waals surface area contributed by atoms with E-state index >= 15 is 0 Å². The number of aliphatic hydroxyl groups is 1. The molecule has 1 atom stereocenters. The third kappa shape index (κ3) is 254. The van der Waals surface area contributed by atoms with Crippen molar-refractivity contribution in [2.45, 2.75) is 13.2 Å². The number of aliphatic hydroxyl groups excluding tert-OH is 1. The van der Waals surface area contributed by atoms with Crippen molar-refractivity contribution in [3.8, 4) is 0 Å². The van der Waals surface area contributed by atoms with Crippen molar-refractivity contribution in [2.75, 3.05) is 0 Å². The first-order chi connectivity index (χ1) is 1.73. The molecule has 0 aromatic heterocycles. The molecule has 0 aliphatic heterocycles. The first-order valence-corrected chi connectivity index (χ1v) is 1.09. The highest BCUT2D eigenvalue weighted by Gasteiger charge is 1.73. The second-order valence-electron chi connectivity index (χ2n) is 0.632. The Morgan fingerprint density at radius 2 is 2.00 bits per heavy atom. The normalized spacial score (nSPS) is 15.8. The van der Waals surface area contributed by atoms with Gasteiger partial charge in [-0.25, -0.2) is 0 Å². The number of hydrogen-bond donors (Lipinski definition) is 1. The first-order valence-electron chi connectivity index (χ1n) is 1.09. The van der Waals surface area contributed by atoms with E-state index in [9.17, 15) is 0 Å². The third-order valence-corrected chi connectivity index (χ3v) is 0. The lowest BCUT2D eigenvalue weighted by atomic mass is 10.7. The molecule has 24 valence electrons. The molecule has 2 heteroatoms. The SMILES string of the molecule is CC([N])O. The summed E-state index contributed by atoms with van der Waals surface area (Å²) in [6, 6.07) is 0. The molecule has 2 nitrogen and oxygen atoms in total. The summed E-state index contributed by atoms with van der Waals surface area (Å²) in [5.74, 6) is 0. The molecular weight excluding hydrogens is 54.0 g/mol. The van der Waals surface area contributed by atoms with Crippen molar-refractivity contribution in [1.29, 1.82) is 0 Å². The monoisotopic (exact) mass is 59.0 g/mol. The largest absolute Gasteiger partial charge is 0.376 e. The van der Waals surface area contributed by atoms with Gasteiger partial charge in [-0.3, -0.25) is 0 Å². The van der Waals surface area contributed by atoms with Crippen molar-refractivity contribution >= 4 is 0 Å². The van der Waals surface area contributed by atoms with Crippen molar-refractivity contribution in [2.24, 2.45) is 0 Å². The fourth-order valence-corrected chi connectivity index (χ4v) is 0. The maximum absolute atomic E-state index is 7.61. The summed E-state index contributed by atoms with van der Waals surface area (Å²) in [5, 5.41) is 7.61. The molecule has 0 aromatic carbocycles. The molecule has 0 heterocycles. The van der Waals surface area contributed by atoms with Crippen molar-refractivity contribution < 1.29 is 5.11 Å². The Morgan fingerprint density at radius 3 is 2.00 bits per heavy atom. The van der Waals surface area contributed by atoms with E-state index in [1.54, 1.807) is 0 Å². The van der Waals surface area contributed by atoms with Gasteiger partial charge in [0.2, 0.25) is 0 Å². The Bertz CT molecular complexity index is 10.8. The van der Waals surface area contributed by atoms with Crippen LogP contribution >= 0.6 is 0 Å². The van der Waals surface area contributed by atoms with Gasteiger partial charge in [0.15, 0.2) is 0 Å². The summed E-state index contributed by atoms with van der Waals surface area (Å²) in [6.45, 7) is 1.28. The Morgan fingerprint density at radius 1 is 2.00 bits per heavy atom. The zero-order valence-corrected chi connectivity index (χ0v) is 2.47. The second-order valence-corrected chi connectivity index (χ2v) is 0.632. The summed E-state index contributed by atoms with van der Waals surface area (Å²) < 4.78 is 0. The number of hydrogen-bond acceptors (Lipinski definition) is 1. The Hall–Kier alpha value is -0.0800. The lowest BCUT2D eigenvalue weighted by Crippen LogP contribution is -1.96. The fourth-order valence-electron chi connectivity index (χ4n) is 0. The minimum Gasteiger partial charge on any atom is -0.376 e. The van der Waals surface area contributed by atoms with Crippen LogP contribution in [0.1, 0.15) is 6.92 Å². The molecule has 0 aliphatic rings. The molecule has 0 fully saturated rings. The quantitative estimate of drug-likeness (QED) is 0.397. The number of nitrogens with zero attached hydrogens (tertiary/aromatic N) is 1. The van der Waals surface area contributed by atoms with Gasteiger partial charge in [-0.1, -0.05) is 0 Å². The van der Waals surface area contributed by atoms with Crippen LogP contribution in [-0.2, 0) is 0 Å². The molecule has 0 saturated heterocycles. The Balaban J connectivity index is 2.32. The zero-order chi connectivity index (χ0) is 3.58. The van der Waals surface area contributed by atoms with Gasteiger partial charge in [-0.15, -0.1) is 5.73 Å². The van der Waals surface area contributed by atoms with Crippen LogP contribution in [0.25, 0.3) is 0 Å². The van der Waals surface area contributed by atoms with Crippen LogP contribution in [0.5, 0.6) is 0 Å². The molecule has 2 radical (unpaired) electrons. The van der Waals surface area contributed by atoms with E-state index in [-0.39, 0.29) is 0 Å². The maximum atomic E-state index is 7.61. The zero-order valence-electron chi connectivity index (χ0n) is 2.47. The van der Waals surface area contributed by atoms with Gasteiger partial charge >= 0.3 is 0 Å². The topological polar surface area (TPSA) is 42.5 Å². The molecule has 0 rings (SSSR count). The van der Waals surface area contributed by atoms with Crippen molar-refractivity contribution in [3.63, 3.8) is 0 Å². The van der Waals surface area contributed by atoms with Crippen molar-refractivity contribution in [1.82, 2.24) is 5.73 Å². The summed E-state index contributed by atoms with van der Waals surface area (Å²) in [5.41, 5.74) is 7.61. The minimum atomic E-state index is -1.17. The van der Waals surface area contributed by atoms with Gasteiger partial charge < -0.3 is 5.11 Å². The van der Waals surface area contributed by atoms with Crippen LogP contribution in [-0.4, -0.2) is 11.3 Å². The molecule has 0 aliphatic carbocycles. The summed E-state index contributed by atoms with van der Waals surface area (Å²) in [4.78, 5) is 0. The van der Waals surface area contributed by atoms with Crippen LogP contribution in [0.4, 0.5) is 0 Å². The first kappa shape index (κ1) is 3.92. The smallest absolute Gasteiger partial charge is 0.135 e. The van der Waals surface area contributed by atoms with Gasteiger partial charge in [-0.05, 0) is 6.92 Å². The van der Waals surface area contributed by atoms with Gasteiger partial charge in [0, 0.05) is 0 Å². The Kier molecular flexibility index (Phi) is 1.24. The van der Waals surface area contributed by atoms with Gasteiger partial charge in [0.05, 0.1) is 0 Å². The highest BCUT2D eigenvalue weighted by atomic mass is 16.3. The summed E-state index contributed by atoms with van der Waals surface area (Å²) >= 11 is 0. The van der Waals surface area contributed by atoms with Gasteiger partial charge in [-0.2, -0.15) is 0 Å². The highest BCUT2D eigenvalue weighted by molar-refractivity contribution is 4.14. The van der Waals surface area contributed by atoms with E-state index < -0.39 is 6.23 Å². The second kappa shape index (κ2) is 1.26. The van der Waals surface area contributed by atoms with E-state index in [4.69, 9.17) is 10.8 Å². The van der Waals surface area contributed by atoms with E-state index in [2.05, 4.69) is 0 Å². The van der Waals surface area contributed by atoms with E-state index in [1.165, 1.54) is 6.92 Å². The summed E-state index contributed by atoms with van der Waals surface area (Å²) in [6.07, 6.45) is -1.17. The minimum absolute atomic E-state index is 1.17. The lowest BCUT2D eigenvalue weighted by Gasteiger charge is -1.76. The molecule has 4 heavy (non-hydrogen) atoms. The molecule has 0 spiro atoms. The van der Waals surface area contributed by atoms with Crippen molar-refractivity contribution in [3.05, 3.63) is 0 Å². The van der Waals surface area contributed by atoms with Crippen LogP contribution in [0, 0.1) is 0 Å². The highest BCUT2D eigenvalue weighted by Crippen LogP contribution is 1.55. The standard InChI is InChI=1S/C2H5NO/c1-2(3)4/h2,4H,1H3. The van der Waals surface area contributed by atoms with Crippen LogP contribution in [0.15, 0.2) is 0 Å². The molecule has 0 aromatic rings. The third-order valence-electron chi connectivity index (χ3n) is 0. The average Bonchev–Trinajstić information content (AvgIpc) is 0.811. The number of rotatable bonds is 0. The molecule has 1 N–H and O–H groups in total. The average molecular weight is 59.1 g/mol. The predicted molar refractivity (Wildman–Crippen MR) is 13.8 cm³/mol. The lowest BCUT2D eigenvalue weighted by molar-refractivity contribution is 0.195. The molecule has 1 unspecified atom stereocenters. The Labute approximate surface area is 25.2 Å². The maximum Gasteiger partial charge on any atom is 0.135 e. The fraction of sp³-hybridized carbons (Fsp3) is 1.00. The predicted octanol–water partition coefficient (Wildman–Crippen LogP) is -0.607. The van der Waals surface area contributed by atoms with E-state index in [0.29, 0.717) is 0 Å². The molecular formula is C2H5NO. The molecule has 0 amide bonds. The molecule has 0 bridgehead atoms. The van der Waals surface area contributed by atoms with Gasteiger partial charge in [0.1, 0.15) is 6.23 Å². The van der Waals surface area contributed by atoms with E-state index in [0.717, 1.165) is 0 Å². The van der Waals surface area contributed by atoms with Crippen LogP contribution in [0.3, 0.4) is 0 Å². The van der Waals surface area contributed by atoms with Gasteiger partial charge in [0.25, 0.3) is 0 Å². The van der Waals surface area contributed by atoms with Crippen LogP contribution in [0.2, 0.25) is 0 Å².